The first kappa shape index (κ1) is 13.8. The summed E-state index contributed by atoms with van der Waals surface area (Å²) >= 11 is 5.47. The first-order valence-electron chi connectivity index (χ1n) is 6.18. The molecule has 1 aromatic heterocycles. The van der Waals surface area contributed by atoms with Gasteiger partial charge in [-0.3, -0.25) is 0 Å². The molecule has 3 heteroatoms. The molecule has 0 saturated carbocycles. The second-order valence-electron chi connectivity index (χ2n) is 4.40. The summed E-state index contributed by atoms with van der Waals surface area (Å²) in [7, 11) is 0. The molecule has 0 fully saturated rings. The highest BCUT2D eigenvalue weighted by molar-refractivity contribution is 9.10. The molecule has 1 atom stereocenters. The number of hydrogen-bond acceptors (Lipinski definition) is 2. The molecule has 0 spiro atoms. The fourth-order valence-corrected chi connectivity index (χ4v) is 3.76. The van der Waals surface area contributed by atoms with E-state index in [0.29, 0.717) is 6.04 Å². The average Bonchev–Trinajstić information content (AvgIpc) is 2.68. The van der Waals surface area contributed by atoms with Crippen LogP contribution in [-0.2, 0) is 0 Å². The van der Waals surface area contributed by atoms with Crippen LogP contribution in [0.4, 0.5) is 0 Å². The monoisotopic (exact) mass is 323 g/mol. The van der Waals surface area contributed by atoms with Gasteiger partial charge in [0.1, 0.15) is 0 Å². The maximum Gasteiger partial charge on any atom is 0.0674 e. The van der Waals surface area contributed by atoms with Crippen molar-refractivity contribution in [3.63, 3.8) is 0 Å². The number of thiophene rings is 1. The van der Waals surface area contributed by atoms with Gasteiger partial charge in [0.2, 0.25) is 0 Å². The Morgan fingerprint density at radius 3 is 2.56 bits per heavy atom. The predicted octanol–water partition coefficient (Wildman–Crippen LogP) is 4.83. The SMILES string of the molecule is CCNC(c1cc(Br)c(C)s1)c1ccccc1C. The van der Waals surface area contributed by atoms with Gasteiger partial charge >= 0.3 is 0 Å². The maximum atomic E-state index is 3.61. The van der Waals surface area contributed by atoms with Crippen molar-refractivity contribution < 1.29 is 0 Å². The lowest BCUT2D eigenvalue weighted by molar-refractivity contribution is 0.636. The van der Waals surface area contributed by atoms with Gasteiger partial charge in [-0.05, 0) is 53.5 Å². The fraction of sp³-hybridized carbons (Fsp3) is 0.333. The van der Waals surface area contributed by atoms with E-state index < -0.39 is 0 Å². The highest BCUT2D eigenvalue weighted by atomic mass is 79.9. The van der Waals surface area contributed by atoms with E-state index in [0.717, 1.165) is 6.54 Å². The summed E-state index contributed by atoms with van der Waals surface area (Å²) in [5, 5.41) is 3.59. The Bertz CT molecular complexity index is 514. The third kappa shape index (κ3) is 2.85. The zero-order chi connectivity index (χ0) is 13.1. The second-order valence-corrected chi connectivity index (χ2v) is 6.54. The van der Waals surface area contributed by atoms with Crippen LogP contribution in [0.5, 0.6) is 0 Å². The van der Waals surface area contributed by atoms with Crippen LogP contribution in [-0.4, -0.2) is 6.54 Å². The molecule has 1 aromatic carbocycles. The lowest BCUT2D eigenvalue weighted by Gasteiger charge is -2.19. The highest BCUT2D eigenvalue weighted by Gasteiger charge is 2.17. The Morgan fingerprint density at radius 2 is 2.00 bits per heavy atom. The van der Waals surface area contributed by atoms with Crippen molar-refractivity contribution in [3.05, 3.63) is 55.7 Å². The number of nitrogens with one attached hydrogen (secondary N) is 1. The van der Waals surface area contributed by atoms with Crippen molar-refractivity contribution >= 4 is 27.3 Å². The molecule has 96 valence electrons. The molecule has 0 radical (unpaired) electrons. The van der Waals surface area contributed by atoms with Crippen LogP contribution >= 0.6 is 27.3 Å². The first-order chi connectivity index (χ1) is 8.63. The van der Waals surface area contributed by atoms with E-state index in [9.17, 15) is 0 Å². The molecule has 0 aliphatic rings. The van der Waals surface area contributed by atoms with E-state index in [4.69, 9.17) is 0 Å². The van der Waals surface area contributed by atoms with E-state index in [1.807, 2.05) is 11.3 Å². The minimum Gasteiger partial charge on any atom is -0.306 e. The van der Waals surface area contributed by atoms with Gasteiger partial charge in [-0.15, -0.1) is 11.3 Å². The summed E-state index contributed by atoms with van der Waals surface area (Å²) in [4.78, 5) is 2.71. The van der Waals surface area contributed by atoms with Gasteiger partial charge in [0.15, 0.2) is 0 Å². The van der Waals surface area contributed by atoms with Crippen LogP contribution < -0.4 is 5.32 Å². The van der Waals surface area contributed by atoms with E-state index in [-0.39, 0.29) is 0 Å². The molecule has 1 unspecified atom stereocenters. The normalized spacial score (nSPS) is 12.7. The van der Waals surface area contributed by atoms with Crippen molar-refractivity contribution in [2.24, 2.45) is 0 Å². The van der Waals surface area contributed by atoms with Gasteiger partial charge in [-0.2, -0.15) is 0 Å². The number of hydrogen-bond donors (Lipinski definition) is 1. The molecular weight excluding hydrogens is 306 g/mol. The van der Waals surface area contributed by atoms with Crippen molar-refractivity contribution in [1.82, 2.24) is 5.32 Å². The quantitative estimate of drug-likeness (QED) is 0.850. The predicted molar refractivity (Wildman–Crippen MR) is 83.5 cm³/mol. The first-order valence-corrected chi connectivity index (χ1v) is 7.79. The standard InChI is InChI=1S/C15H18BrNS/c1-4-17-15(12-8-6-5-7-10(12)2)14-9-13(16)11(3)18-14/h5-9,15,17H,4H2,1-3H3. The molecule has 0 aliphatic carbocycles. The Kier molecular flexibility index (Phi) is 4.60. The molecule has 0 amide bonds. The zero-order valence-electron chi connectivity index (χ0n) is 11.0. The molecule has 0 aliphatic heterocycles. The topological polar surface area (TPSA) is 12.0 Å². The van der Waals surface area contributed by atoms with Crippen LogP contribution in [0.15, 0.2) is 34.8 Å². The minimum atomic E-state index is 0.297. The smallest absolute Gasteiger partial charge is 0.0674 e. The highest BCUT2D eigenvalue weighted by Crippen LogP contribution is 2.34. The summed E-state index contributed by atoms with van der Waals surface area (Å²) in [5.74, 6) is 0. The molecule has 1 nitrogen and oxygen atoms in total. The van der Waals surface area contributed by atoms with Crippen molar-refractivity contribution in [2.45, 2.75) is 26.8 Å². The summed E-state index contributed by atoms with van der Waals surface area (Å²) in [6, 6.07) is 11.1. The van der Waals surface area contributed by atoms with Crippen molar-refractivity contribution in [3.8, 4) is 0 Å². The number of rotatable bonds is 4. The van der Waals surface area contributed by atoms with Crippen LogP contribution in [0, 0.1) is 13.8 Å². The second kappa shape index (κ2) is 6.00. The van der Waals surface area contributed by atoms with E-state index in [2.05, 4.69) is 72.3 Å². The van der Waals surface area contributed by atoms with Gasteiger partial charge in [0.25, 0.3) is 0 Å². The third-order valence-corrected chi connectivity index (χ3v) is 5.27. The lowest BCUT2D eigenvalue weighted by atomic mass is 10.00. The largest absolute Gasteiger partial charge is 0.306 e. The molecule has 2 aromatic rings. The Hall–Kier alpha value is -0.640. The summed E-state index contributed by atoms with van der Waals surface area (Å²) in [5.41, 5.74) is 2.71. The fourth-order valence-electron chi connectivity index (χ4n) is 2.10. The van der Waals surface area contributed by atoms with Crippen LogP contribution in [0.2, 0.25) is 0 Å². The molecule has 0 saturated heterocycles. The number of halogens is 1. The lowest BCUT2D eigenvalue weighted by Crippen LogP contribution is -2.21. The summed E-state index contributed by atoms with van der Waals surface area (Å²) in [6.07, 6.45) is 0. The van der Waals surface area contributed by atoms with E-state index in [1.54, 1.807) is 0 Å². The van der Waals surface area contributed by atoms with Crippen LogP contribution in [0.3, 0.4) is 0 Å². The minimum absolute atomic E-state index is 0.297. The van der Waals surface area contributed by atoms with Crippen LogP contribution in [0.25, 0.3) is 0 Å². The summed E-state index contributed by atoms with van der Waals surface area (Å²) < 4.78 is 1.21. The van der Waals surface area contributed by atoms with Crippen molar-refractivity contribution in [2.75, 3.05) is 6.54 Å². The molecule has 0 bridgehead atoms. The number of benzene rings is 1. The summed E-state index contributed by atoms with van der Waals surface area (Å²) in [6.45, 7) is 7.45. The Balaban J connectivity index is 2.43. The van der Waals surface area contributed by atoms with Gasteiger partial charge in [-0.1, -0.05) is 31.2 Å². The van der Waals surface area contributed by atoms with Gasteiger partial charge in [0.05, 0.1) is 6.04 Å². The number of aryl methyl sites for hydroxylation is 2. The zero-order valence-corrected chi connectivity index (χ0v) is 13.4. The van der Waals surface area contributed by atoms with Gasteiger partial charge in [-0.25, -0.2) is 0 Å². The van der Waals surface area contributed by atoms with Gasteiger partial charge < -0.3 is 5.32 Å². The van der Waals surface area contributed by atoms with Crippen molar-refractivity contribution in [1.29, 1.82) is 0 Å². The molecule has 18 heavy (non-hydrogen) atoms. The van der Waals surface area contributed by atoms with Gasteiger partial charge in [0, 0.05) is 14.2 Å². The van der Waals surface area contributed by atoms with E-state index in [1.165, 1.54) is 25.4 Å². The Morgan fingerprint density at radius 1 is 1.28 bits per heavy atom. The molecular formula is C15H18BrNS. The Labute approximate surface area is 121 Å². The average molecular weight is 324 g/mol. The third-order valence-electron chi connectivity index (χ3n) is 3.07. The van der Waals surface area contributed by atoms with Crippen LogP contribution in [0.1, 0.15) is 33.8 Å². The molecule has 2 rings (SSSR count). The molecule has 1 heterocycles. The maximum absolute atomic E-state index is 3.61. The van der Waals surface area contributed by atoms with E-state index >= 15 is 0 Å². The molecule has 1 N–H and O–H groups in total.